The maximum absolute atomic E-state index is 12.8. The summed E-state index contributed by atoms with van der Waals surface area (Å²) in [6.45, 7) is 8.11. The predicted octanol–water partition coefficient (Wildman–Crippen LogP) is 14.7. The summed E-state index contributed by atoms with van der Waals surface area (Å²) in [5.41, 5.74) is 0. The van der Waals surface area contributed by atoms with Crippen LogP contribution in [-0.2, 0) is 9.53 Å². The number of nitrogens with zero attached hydrogens (tertiary/aromatic N) is 1. The third-order valence-electron chi connectivity index (χ3n) is 10.9. The van der Waals surface area contributed by atoms with Crippen molar-refractivity contribution < 1.29 is 9.53 Å². The number of piperidine rings is 1. The van der Waals surface area contributed by atoms with E-state index in [0.717, 1.165) is 25.8 Å². The quantitative estimate of drug-likeness (QED) is 0.0490. The number of rotatable bonds is 37. The standard InChI is InChI=1S/C44H87NO2/c1-3-5-7-9-11-13-15-17-19-21-23-25-27-29-32-37-43(47-44(46)39-36-42-45-40-34-31-35-41-45)38-33-30-28-26-24-22-20-18-16-14-12-10-8-6-4-2/h43H,3-42H2,1-2H3. The van der Waals surface area contributed by atoms with Crippen molar-refractivity contribution in [1.29, 1.82) is 0 Å². The molecule has 280 valence electrons. The van der Waals surface area contributed by atoms with Crippen LogP contribution in [0.2, 0.25) is 0 Å². The van der Waals surface area contributed by atoms with Gasteiger partial charge < -0.3 is 9.64 Å². The van der Waals surface area contributed by atoms with E-state index in [2.05, 4.69) is 18.7 Å². The van der Waals surface area contributed by atoms with Crippen molar-refractivity contribution in [2.24, 2.45) is 0 Å². The van der Waals surface area contributed by atoms with Gasteiger partial charge in [-0.2, -0.15) is 0 Å². The molecule has 1 aliphatic rings. The highest BCUT2D eigenvalue weighted by Crippen LogP contribution is 2.20. The molecule has 1 rings (SSSR count). The van der Waals surface area contributed by atoms with Crippen LogP contribution in [0.4, 0.5) is 0 Å². The first-order valence-electron chi connectivity index (χ1n) is 22.2. The number of carbonyl (C=O) groups excluding carboxylic acids is 1. The second-order valence-electron chi connectivity index (χ2n) is 15.6. The lowest BCUT2D eigenvalue weighted by atomic mass is 10.0. The van der Waals surface area contributed by atoms with Crippen LogP contribution in [-0.4, -0.2) is 36.6 Å². The number of hydrogen-bond acceptors (Lipinski definition) is 3. The van der Waals surface area contributed by atoms with Crippen molar-refractivity contribution in [3.8, 4) is 0 Å². The minimum Gasteiger partial charge on any atom is -0.462 e. The summed E-state index contributed by atoms with van der Waals surface area (Å²) in [5.74, 6) is 0.0638. The van der Waals surface area contributed by atoms with Crippen LogP contribution in [0.5, 0.6) is 0 Å². The van der Waals surface area contributed by atoms with Crippen LogP contribution < -0.4 is 0 Å². The maximum atomic E-state index is 12.8. The van der Waals surface area contributed by atoms with Crippen LogP contribution in [0.15, 0.2) is 0 Å². The Morgan fingerprint density at radius 1 is 0.447 bits per heavy atom. The average molecular weight is 662 g/mol. The first kappa shape index (κ1) is 44.5. The average Bonchev–Trinajstić information content (AvgIpc) is 3.08. The molecule has 0 aromatic heterocycles. The molecule has 0 aromatic carbocycles. The van der Waals surface area contributed by atoms with Crippen molar-refractivity contribution >= 4 is 5.97 Å². The third-order valence-corrected chi connectivity index (χ3v) is 10.9. The zero-order valence-electron chi connectivity index (χ0n) is 32.6. The summed E-state index contributed by atoms with van der Waals surface area (Å²) in [6.07, 6.45) is 49.9. The Morgan fingerprint density at radius 2 is 0.766 bits per heavy atom. The van der Waals surface area contributed by atoms with E-state index < -0.39 is 0 Å². The molecule has 0 aromatic rings. The van der Waals surface area contributed by atoms with Gasteiger partial charge in [-0.25, -0.2) is 0 Å². The van der Waals surface area contributed by atoms with Gasteiger partial charge >= 0.3 is 5.97 Å². The summed E-state index contributed by atoms with van der Waals surface area (Å²) in [7, 11) is 0. The van der Waals surface area contributed by atoms with Crippen molar-refractivity contribution in [2.45, 2.75) is 258 Å². The second kappa shape index (κ2) is 36.7. The number of esters is 1. The Balaban J connectivity index is 2.11. The molecule has 3 nitrogen and oxygen atoms in total. The Bertz CT molecular complexity index is 582. The third kappa shape index (κ3) is 32.4. The van der Waals surface area contributed by atoms with Crippen LogP contribution in [0.1, 0.15) is 251 Å². The molecule has 0 bridgehead atoms. The Morgan fingerprint density at radius 3 is 1.11 bits per heavy atom. The molecule has 1 heterocycles. The van der Waals surface area contributed by atoms with Gasteiger partial charge in [0.05, 0.1) is 0 Å². The van der Waals surface area contributed by atoms with E-state index in [1.165, 1.54) is 225 Å². The van der Waals surface area contributed by atoms with Crippen molar-refractivity contribution in [3.05, 3.63) is 0 Å². The smallest absolute Gasteiger partial charge is 0.306 e. The zero-order valence-corrected chi connectivity index (χ0v) is 32.6. The fraction of sp³-hybridized carbons (Fsp3) is 0.977. The van der Waals surface area contributed by atoms with E-state index in [1.54, 1.807) is 0 Å². The minimum atomic E-state index is 0.0638. The largest absolute Gasteiger partial charge is 0.462 e. The molecule has 0 atom stereocenters. The highest BCUT2D eigenvalue weighted by molar-refractivity contribution is 5.69. The molecule has 1 saturated heterocycles. The van der Waals surface area contributed by atoms with Crippen molar-refractivity contribution in [3.63, 3.8) is 0 Å². The fourth-order valence-corrected chi connectivity index (χ4v) is 7.62. The van der Waals surface area contributed by atoms with Gasteiger partial charge in [-0.15, -0.1) is 0 Å². The van der Waals surface area contributed by atoms with E-state index >= 15 is 0 Å². The number of ether oxygens (including phenoxy) is 1. The molecule has 0 saturated carbocycles. The van der Waals surface area contributed by atoms with Crippen LogP contribution in [0.25, 0.3) is 0 Å². The first-order valence-corrected chi connectivity index (χ1v) is 22.2. The van der Waals surface area contributed by atoms with Gasteiger partial charge in [0.25, 0.3) is 0 Å². The van der Waals surface area contributed by atoms with E-state index in [-0.39, 0.29) is 12.1 Å². The Labute approximate surface area is 296 Å². The molecule has 1 fully saturated rings. The lowest BCUT2D eigenvalue weighted by Crippen LogP contribution is -2.31. The SMILES string of the molecule is CCCCCCCCCCCCCCCCCC(CCCCCCCCCCCCCCCCC)OC(=O)CCCN1CCCCC1. The van der Waals surface area contributed by atoms with Crippen LogP contribution in [0.3, 0.4) is 0 Å². The number of unbranched alkanes of at least 4 members (excludes halogenated alkanes) is 28. The Kier molecular flexibility index (Phi) is 34.7. The highest BCUT2D eigenvalue weighted by Gasteiger charge is 2.16. The fourth-order valence-electron chi connectivity index (χ4n) is 7.62. The number of carbonyl (C=O) groups is 1. The van der Waals surface area contributed by atoms with Gasteiger partial charge in [-0.05, 0) is 64.6 Å². The van der Waals surface area contributed by atoms with Gasteiger partial charge in [-0.1, -0.05) is 200 Å². The number of hydrogen-bond donors (Lipinski definition) is 0. The summed E-state index contributed by atoms with van der Waals surface area (Å²) in [5, 5.41) is 0. The molecule has 0 amide bonds. The van der Waals surface area contributed by atoms with Gasteiger partial charge in [0.1, 0.15) is 6.10 Å². The molecular weight excluding hydrogens is 574 g/mol. The molecule has 0 aliphatic carbocycles. The summed E-state index contributed by atoms with van der Waals surface area (Å²) in [4.78, 5) is 15.3. The van der Waals surface area contributed by atoms with E-state index in [9.17, 15) is 4.79 Å². The number of likely N-dealkylation sites (tertiary alicyclic amines) is 1. The normalized spacial score (nSPS) is 13.9. The predicted molar refractivity (Wildman–Crippen MR) is 208 cm³/mol. The molecule has 0 spiro atoms. The van der Waals surface area contributed by atoms with E-state index in [1.807, 2.05) is 0 Å². The second-order valence-corrected chi connectivity index (χ2v) is 15.6. The van der Waals surface area contributed by atoms with Crippen molar-refractivity contribution in [1.82, 2.24) is 4.90 Å². The Hall–Kier alpha value is -0.570. The molecule has 0 N–H and O–H groups in total. The first-order chi connectivity index (χ1) is 23.3. The summed E-state index contributed by atoms with van der Waals surface area (Å²) in [6, 6.07) is 0. The summed E-state index contributed by atoms with van der Waals surface area (Å²) >= 11 is 0. The molecule has 0 unspecified atom stereocenters. The molecule has 1 aliphatic heterocycles. The molecule has 0 radical (unpaired) electrons. The maximum Gasteiger partial charge on any atom is 0.306 e. The molecule has 3 heteroatoms. The van der Waals surface area contributed by atoms with E-state index in [4.69, 9.17) is 4.74 Å². The van der Waals surface area contributed by atoms with Gasteiger partial charge in [-0.3, -0.25) is 4.79 Å². The molecular formula is C44H87NO2. The lowest BCUT2D eigenvalue weighted by molar-refractivity contribution is -0.150. The zero-order chi connectivity index (χ0) is 33.7. The van der Waals surface area contributed by atoms with E-state index in [0.29, 0.717) is 6.42 Å². The van der Waals surface area contributed by atoms with Gasteiger partial charge in [0.15, 0.2) is 0 Å². The van der Waals surface area contributed by atoms with Crippen molar-refractivity contribution in [2.75, 3.05) is 19.6 Å². The van der Waals surface area contributed by atoms with Crippen LogP contribution in [0, 0.1) is 0 Å². The minimum absolute atomic E-state index is 0.0638. The summed E-state index contributed by atoms with van der Waals surface area (Å²) < 4.78 is 6.12. The van der Waals surface area contributed by atoms with Gasteiger partial charge in [0.2, 0.25) is 0 Å². The monoisotopic (exact) mass is 662 g/mol. The van der Waals surface area contributed by atoms with Gasteiger partial charge in [0, 0.05) is 6.42 Å². The van der Waals surface area contributed by atoms with Crippen LogP contribution >= 0.6 is 0 Å². The lowest BCUT2D eigenvalue weighted by Gasteiger charge is -2.26. The molecule has 47 heavy (non-hydrogen) atoms. The topological polar surface area (TPSA) is 29.5 Å². The highest BCUT2D eigenvalue weighted by atomic mass is 16.5.